The summed E-state index contributed by atoms with van der Waals surface area (Å²) in [6.07, 6.45) is 1.15. The van der Waals surface area contributed by atoms with Gasteiger partial charge in [0.25, 0.3) is 5.91 Å². The Balaban J connectivity index is 1.98. The Hall–Kier alpha value is -1.43. The molecule has 20 heavy (non-hydrogen) atoms. The molecule has 0 radical (unpaired) electrons. The lowest BCUT2D eigenvalue weighted by atomic mass is 9.96. The van der Waals surface area contributed by atoms with E-state index in [2.05, 4.69) is 27.1 Å². The quantitative estimate of drug-likeness (QED) is 0.900. The average Bonchev–Trinajstić information content (AvgIpc) is 2.96. The molecule has 0 spiro atoms. The van der Waals surface area contributed by atoms with Gasteiger partial charge in [0.15, 0.2) is 0 Å². The lowest BCUT2D eigenvalue weighted by molar-refractivity contribution is 0.0762. The maximum Gasteiger partial charge on any atom is 0.293 e. The molecule has 1 aliphatic rings. The van der Waals surface area contributed by atoms with Gasteiger partial charge in [0.2, 0.25) is 5.82 Å². The number of aromatic nitrogens is 3. The van der Waals surface area contributed by atoms with Crippen LogP contribution in [0, 0.1) is 5.92 Å². The first kappa shape index (κ1) is 15.0. The molecular weight excluding hydrogens is 254 g/mol. The van der Waals surface area contributed by atoms with Crippen molar-refractivity contribution >= 4 is 5.91 Å². The number of rotatable bonds is 3. The minimum absolute atomic E-state index is 0.105. The van der Waals surface area contributed by atoms with Crippen molar-refractivity contribution in [2.24, 2.45) is 5.92 Å². The first-order valence-corrected chi connectivity index (χ1v) is 7.14. The fourth-order valence-corrected chi connectivity index (χ4v) is 2.51. The summed E-state index contributed by atoms with van der Waals surface area (Å²) in [5.74, 6) is 1.46. The van der Waals surface area contributed by atoms with Gasteiger partial charge in [-0.3, -0.25) is 9.89 Å². The van der Waals surface area contributed by atoms with Crippen LogP contribution in [0.15, 0.2) is 0 Å². The van der Waals surface area contributed by atoms with Crippen LogP contribution < -0.4 is 0 Å². The van der Waals surface area contributed by atoms with E-state index in [4.69, 9.17) is 0 Å². The van der Waals surface area contributed by atoms with Crippen LogP contribution in [0.25, 0.3) is 0 Å². The number of aromatic amines is 1. The summed E-state index contributed by atoms with van der Waals surface area (Å²) in [5.41, 5.74) is -0.127. The summed E-state index contributed by atoms with van der Waals surface area (Å²) < 4.78 is 0. The highest BCUT2D eigenvalue weighted by atomic mass is 16.2. The summed E-state index contributed by atoms with van der Waals surface area (Å²) in [4.78, 5) is 20.7. The molecule has 0 bridgehead atoms. The fraction of sp³-hybridized carbons (Fsp3) is 0.786. The van der Waals surface area contributed by atoms with Gasteiger partial charge in [-0.05, 0) is 25.9 Å². The van der Waals surface area contributed by atoms with Crippen LogP contribution in [0.4, 0.5) is 0 Å². The van der Waals surface area contributed by atoms with Crippen LogP contribution in [0.3, 0.4) is 0 Å². The lowest BCUT2D eigenvalue weighted by Gasteiger charge is -2.19. The Labute approximate surface area is 120 Å². The van der Waals surface area contributed by atoms with Gasteiger partial charge >= 0.3 is 0 Å². The van der Waals surface area contributed by atoms with Crippen LogP contribution in [0.5, 0.6) is 0 Å². The van der Waals surface area contributed by atoms with E-state index in [0.717, 1.165) is 31.9 Å². The predicted molar refractivity (Wildman–Crippen MR) is 77.6 cm³/mol. The number of amides is 1. The van der Waals surface area contributed by atoms with E-state index in [0.29, 0.717) is 5.92 Å². The normalized spacial score (nSPS) is 20.4. The largest absolute Gasteiger partial charge is 0.339 e. The van der Waals surface area contributed by atoms with Crippen molar-refractivity contribution in [2.75, 3.05) is 33.7 Å². The van der Waals surface area contributed by atoms with Crippen LogP contribution in [0.2, 0.25) is 0 Å². The minimum Gasteiger partial charge on any atom is -0.339 e. The number of H-pyrrole nitrogens is 1. The van der Waals surface area contributed by atoms with Crippen LogP contribution in [-0.2, 0) is 5.41 Å². The molecule has 2 rings (SSSR count). The van der Waals surface area contributed by atoms with Crippen molar-refractivity contribution in [3.8, 4) is 0 Å². The molecule has 1 saturated heterocycles. The van der Waals surface area contributed by atoms with Gasteiger partial charge in [-0.2, -0.15) is 0 Å². The molecule has 0 aromatic carbocycles. The summed E-state index contributed by atoms with van der Waals surface area (Å²) >= 11 is 0. The van der Waals surface area contributed by atoms with Crippen LogP contribution in [0.1, 0.15) is 43.6 Å². The average molecular weight is 279 g/mol. The second kappa shape index (κ2) is 5.52. The number of nitrogens with one attached hydrogen (secondary N) is 1. The molecule has 1 unspecified atom stereocenters. The number of carbonyl (C=O) groups is 1. The molecule has 2 heterocycles. The molecule has 112 valence electrons. The van der Waals surface area contributed by atoms with Gasteiger partial charge in [-0.25, -0.2) is 4.98 Å². The number of hydrogen-bond acceptors (Lipinski definition) is 4. The van der Waals surface area contributed by atoms with Crippen LogP contribution >= 0.6 is 0 Å². The second-order valence-corrected chi connectivity index (χ2v) is 6.86. The summed E-state index contributed by atoms with van der Waals surface area (Å²) in [6, 6.07) is 0. The Morgan fingerprint density at radius 3 is 2.70 bits per heavy atom. The monoisotopic (exact) mass is 279 g/mol. The van der Waals surface area contributed by atoms with Gasteiger partial charge in [-0.15, -0.1) is 5.10 Å². The molecule has 1 N–H and O–H groups in total. The molecule has 0 aliphatic carbocycles. The first-order valence-electron chi connectivity index (χ1n) is 7.14. The lowest BCUT2D eigenvalue weighted by Crippen LogP contribution is -2.33. The minimum atomic E-state index is -0.127. The van der Waals surface area contributed by atoms with Crippen molar-refractivity contribution in [3.05, 3.63) is 11.6 Å². The molecule has 1 aliphatic heterocycles. The predicted octanol–water partition coefficient (Wildman–Crippen LogP) is 1.13. The highest BCUT2D eigenvalue weighted by Crippen LogP contribution is 2.18. The standard InChI is InChI=1S/C14H25N5O/c1-14(2,3)13-15-11(16-17-13)12(20)19(5)9-10-6-7-18(4)8-10/h10H,6-9H2,1-5H3,(H,15,16,17). The van der Waals surface area contributed by atoms with Crippen molar-refractivity contribution in [1.29, 1.82) is 0 Å². The number of carbonyl (C=O) groups excluding carboxylic acids is 1. The Kier molecular flexibility index (Phi) is 4.13. The van der Waals surface area contributed by atoms with E-state index in [1.54, 1.807) is 4.90 Å². The van der Waals surface area contributed by atoms with Crippen molar-refractivity contribution in [2.45, 2.75) is 32.6 Å². The van der Waals surface area contributed by atoms with E-state index in [1.807, 2.05) is 27.8 Å². The first-order chi connectivity index (χ1) is 9.27. The number of hydrogen-bond donors (Lipinski definition) is 1. The zero-order valence-electron chi connectivity index (χ0n) is 13.1. The van der Waals surface area contributed by atoms with Gasteiger partial charge < -0.3 is 9.80 Å². The van der Waals surface area contributed by atoms with Crippen LogP contribution in [-0.4, -0.2) is 64.6 Å². The van der Waals surface area contributed by atoms with E-state index in [9.17, 15) is 4.79 Å². The van der Waals surface area contributed by atoms with E-state index < -0.39 is 0 Å². The third-order valence-corrected chi connectivity index (χ3v) is 3.75. The summed E-state index contributed by atoms with van der Waals surface area (Å²) in [7, 11) is 3.94. The van der Waals surface area contributed by atoms with Gasteiger partial charge in [-0.1, -0.05) is 20.8 Å². The molecule has 6 nitrogen and oxygen atoms in total. The third kappa shape index (κ3) is 3.36. The summed E-state index contributed by atoms with van der Waals surface area (Å²) in [6.45, 7) is 9.06. The van der Waals surface area contributed by atoms with Crippen molar-refractivity contribution < 1.29 is 4.79 Å². The molecule has 6 heteroatoms. The zero-order valence-corrected chi connectivity index (χ0v) is 13.1. The smallest absolute Gasteiger partial charge is 0.293 e. The highest BCUT2D eigenvalue weighted by molar-refractivity contribution is 5.90. The molecule has 1 aromatic heterocycles. The highest BCUT2D eigenvalue weighted by Gasteiger charge is 2.26. The number of likely N-dealkylation sites (tertiary alicyclic amines) is 1. The summed E-state index contributed by atoms with van der Waals surface area (Å²) in [5, 5.41) is 6.92. The molecule has 1 atom stereocenters. The topological polar surface area (TPSA) is 65.1 Å². The SMILES string of the molecule is CN1CCC(CN(C)C(=O)c2n[nH]c(C(C)(C)C)n2)C1. The molecular formula is C14H25N5O. The second-order valence-electron chi connectivity index (χ2n) is 6.86. The fourth-order valence-electron chi connectivity index (χ4n) is 2.51. The number of nitrogens with zero attached hydrogens (tertiary/aromatic N) is 4. The molecule has 1 aromatic rings. The molecule has 0 saturated carbocycles. The Morgan fingerprint density at radius 2 is 2.20 bits per heavy atom. The van der Waals surface area contributed by atoms with Crippen molar-refractivity contribution in [3.63, 3.8) is 0 Å². The van der Waals surface area contributed by atoms with E-state index in [-0.39, 0.29) is 17.1 Å². The Morgan fingerprint density at radius 1 is 1.50 bits per heavy atom. The maximum atomic E-state index is 12.3. The van der Waals surface area contributed by atoms with Gasteiger partial charge in [0.1, 0.15) is 5.82 Å². The third-order valence-electron chi connectivity index (χ3n) is 3.75. The van der Waals surface area contributed by atoms with Gasteiger partial charge in [0.05, 0.1) is 0 Å². The molecule has 1 amide bonds. The Bertz CT molecular complexity index is 476. The zero-order chi connectivity index (χ0) is 14.9. The van der Waals surface area contributed by atoms with E-state index >= 15 is 0 Å². The maximum absolute atomic E-state index is 12.3. The molecule has 1 fully saturated rings. The van der Waals surface area contributed by atoms with E-state index in [1.165, 1.54) is 0 Å². The van der Waals surface area contributed by atoms with Crippen molar-refractivity contribution in [1.82, 2.24) is 25.0 Å². The van der Waals surface area contributed by atoms with Gasteiger partial charge in [0, 0.05) is 25.6 Å².